The molecule has 0 saturated heterocycles. The summed E-state index contributed by atoms with van der Waals surface area (Å²) in [7, 11) is 0. The van der Waals surface area contributed by atoms with Gasteiger partial charge in [0.15, 0.2) is 0 Å². The molecular weight excluding hydrogens is 388 g/mol. The van der Waals surface area contributed by atoms with Gasteiger partial charge in [0.25, 0.3) is 0 Å². The standard InChI is InChI=1S/C13H12O.C12H16O.Fe/c14-13(12-8-4-5-9-12)10-11-6-2-1-3-7-11;1-12(2,3)9-8-11(13)10-6-4-5-7-10;/h1-9,14H,10H2;4-9,13H,1-3H3;/q;;+2/p-2. The van der Waals surface area contributed by atoms with E-state index in [1.54, 1.807) is 6.08 Å². The fourth-order valence-electron chi connectivity index (χ4n) is 2.40. The van der Waals surface area contributed by atoms with Crippen LogP contribution in [0.25, 0.3) is 0 Å². The van der Waals surface area contributed by atoms with Crippen molar-refractivity contribution in [2.24, 2.45) is 5.41 Å². The first-order valence-electron chi connectivity index (χ1n) is 9.09. The third kappa shape index (κ3) is 8.47. The minimum Gasteiger partial charge on any atom is -0.875 e. The maximum Gasteiger partial charge on any atom is 2.00 e. The molecule has 146 valence electrons. The molecule has 0 bridgehead atoms. The maximum atomic E-state index is 11.7. The quantitative estimate of drug-likeness (QED) is 0.547. The van der Waals surface area contributed by atoms with Crippen molar-refractivity contribution in [2.45, 2.75) is 27.2 Å². The van der Waals surface area contributed by atoms with Gasteiger partial charge >= 0.3 is 17.1 Å². The number of allylic oxidation sites excluding steroid dienone is 13. The Labute approximate surface area is 179 Å². The molecular formula is C25H26FeO2. The van der Waals surface area contributed by atoms with Gasteiger partial charge < -0.3 is 10.2 Å². The molecule has 0 fully saturated rings. The first-order valence-corrected chi connectivity index (χ1v) is 9.09. The van der Waals surface area contributed by atoms with Gasteiger partial charge in [0, 0.05) is 0 Å². The molecule has 0 atom stereocenters. The van der Waals surface area contributed by atoms with Crippen LogP contribution in [0.5, 0.6) is 0 Å². The average Bonchev–Trinajstić information content (AvgIpc) is 3.34. The summed E-state index contributed by atoms with van der Waals surface area (Å²) < 4.78 is 0. The van der Waals surface area contributed by atoms with Gasteiger partial charge in [0.1, 0.15) is 0 Å². The van der Waals surface area contributed by atoms with E-state index in [0.29, 0.717) is 6.42 Å². The fraction of sp³-hybridized carbons (Fsp3) is 0.200. The Balaban J connectivity index is 0.000000271. The van der Waals surface area contributed by atoms with Crippen LogP contribution in [0.1, 0.15) is 26.3 Å². The second-order valence-corrected chi connectivity index (χ2v) is 7.50. The van der Waals surface area contributed by atoms with Crippen LogP contribution < -0.4 is 10.2 Å². The zero-order chi connectivity index (χ0) is 19.7. The molecule has 0 N–H and O–H groups in total. The molecule has 28 heavy (non-hydrogen) atoms. The predicted molar refractivity (Wildman–Crippen MR) is 109 cm³/mol. The van der Waals surface area contributed by atoms with Crippen molar-refractivity contribution in [1.29, 1.82) is 0 Å². The Hall–Kier alpha value is -2.48. The van der Waals surface area contributed by atoms with Gasteiger partial charge in [-0.25, -0.2) is 0 Å². The molecule has 2 nitrogen and oxygen atoms in total. The Bertz CT molecular complexity index is 814. The molecule has 1 aromatic rings. The summed E-state index contributed by atoms with van der Waals surface area (Å²) in [6.45, 7) is 6.21. The third-order valence-electron chi connectivity index (χ3n) is 3.87. The van der Waals surface area contributed by atoms with E-state index >= 15 is 0 Å². The molecule has 3 heteroatoms. The van der Waals surface area contributed by atoms with Crippen molar-refractivity contribution in [3.05, 3.63) is 119 Å². The smallest absolute Gasteiger partial charge is 0.875 e. The van der Waals surface area contributed by atoms with Crippen LogP contribution in [0.2, 0.25) is 0 Å². The third-order valence-corrected chi connectivity index (χ3v) is 3.87. The largest absolute Gasteiger partial charge is 2.00 e. The van der Waals surface area contributed by atoms with E-state index in [0.717, 1.165) is 16.7 Å². The summed E-state index contributed by atoms with van der Waals surface area (Å²) in [5, 5.41) is 23.1. The number of rotatable bonds is 3. The molecule has 0 aromatic heterocycles. The van der Waals surface area contributed by atoms with Crippen LogP contribution >= 0.6 is 0 Å². The number of benzene rings is 1. The first kappa shape index (κ1) is 23.6. The molecule has 3 rings (SSSR count). The van der Waals surface area contributed by atoms with Gasteiger partial charge in [-0.15, -0.1) is 11.5 Å². The molecule has 0 amide bonds. The van der Waals surface area contributed by atoms with Gasteiger partial charge in [0.2, 0.25) is 0 Å². The molecule has 0 unspecified atom stereocenters. The van der Waals surface area contributed by atoms with E-state index in [9.17, 15) is 10.2 Å². The van der Waals surface area contributed by atoms with Crippen LogP contribution in [-0.2, 0) is 23.5 Å². The van der Waals surface area contributed by atoms with Gasteiger partial charge in [-0.2, -0.15) is 0 Å². The Morgan fingerprint density at radius 2 is 1.32 bits per heavy atom. The molecule has 1 aromatic carbocycles. The molecule has 0 heterocycles. The van der Waals surface area contributed by atoms with Crippen molar-refractivity contribution < 1.29 is 27.3 Å². The monoisotopic (exact) mass is 414 g/mol. The normalized spacial score (nSPS) is 14.2. The Kier molecular flexibility index (Phi) is 9.58. The first-order chi connectivity index (χ1) is 12.8. The van der Waals surface area contributed by atoms with E-state index < -0.39 is 0 Å². The van der Waals surface area contributed by atoms with Gasteiger partial charge in [0.05, 0.1) is 0 Å². The average molecular weight is 414 g/mol. The summed E-state index contributed by atoms with van der Waals surface area (Å²) in [5.74, 6) is 0.265. The molecule has 0 radical (unpaired) electrons. The summed E-state index contributed by atoms with van der Waals surface area (Å²) >= 11 is 0. The fourth-order valence-corrected chi connectivity index (χ4v) is 2.40. The summed E-state index contributed by atoms with van der Waals surface area (Å²) in [4.78, 5) is 0. The van der Waals surface area contributed by atoms with Gasteiger partial charge in [-0.3, -0.25) is 0 Å². The molecule has 0 spiro atoms. The second kappa shape index (κ2) is 11.4. The van der Waals surface area contributed by atoms with Crippen LogP contribution in [-0.4, -0.2) is 0 Å². The molecule has 2 aliphatic carbocycles. The Morgan fingerprint density at radius 1 is 0.821 bits per heavy atom. The maximum absolute atomic E-state index is 11.7. The minimum absolute atomic E-state index is 0. The molecule has 2 aliphatic rings. The van der Waals surface area contributed by atoms with E-state index in [1.165, 1.54) is 0 Å². The summed E-state index contributed by atoms with van der Waals surface area (Å²) in [6.07, 6.45) is 19.0. The van der Waals surface area contributed by atoms with Crippen molar-refractivity contribution in [3.63, 3.8) is 0 Å². The van der Waals surface area contributed by atoms with Gasteiger partial charge in [-0.1, -0.05) is 112 Å². The topological polar surface area (TPSA) is 46.1 Å². The van der Waals surface area contributed by atoms with Gasteiger partial charge in [-0.05, 0) is 28.5 Å². The van der Waals surface area contributed by atoms with E-state index in [4.69, 9.17) is 0 Å². The van der Waals surface area contributed by atoms with Crippen LogP contribution in [0.15, 0.2) is 114 Å². The number of hydrogen-bond acceptors (Lipinski definition) is 2. The van der Waals surface area contributed by atoms with Crippen LogP contribution in [0.4, 0.5) is 0 Å². The van der Waals surface area contributed by atoms with Crippen LogP contribution in [0, 0.1) is 5.41 Å². The second-order valence-electron chi connectivity index (χ2n) is 7.50. The summed E-state index contributed by atoms with van der Waals surface area (Å²) in [6, 6.07) is 9.80. The minimum atomic E-state index is 0. The predicted octanol–water partition coefficient (Wildman–Crippen LogP) is 4.30. The number of hydrogen-bond donors (Lipinski definition) is 0. The van der Waals surface area contributed by atoms with Crippen molar-refractivity contribution in [3.8, 4) is 0 Å². The summed E-state index contributed by atoms with van der Waals surface area (Å²) in [5.41, 5.74) is 2.70. The zero-order valence-corrected chi connectivity index (χ0v) is 17.6. The van der Waals surface area contributed by atoms with Crippen LogP contribution in [0.3, 0.4) is 0 Å². The zero-order valence-electron chi connectivity index (χ0n) is 16.5. The van der Waals surface area contributed by atoms with Crippen molar-refractivity contribution in [2.75, 3.05) is 0 Å². The van der Waals surface area contributed by atoms with E-state index in [1.807, 2.05) is 85.0 Å². The van der Waals surface area contributed by atoms with Crippen molar-refractivity contribution in [1.82, 2.24) is 0 Å². The van der Waals surface area contributed by atoms with E-state index in [-0.39, 0.29) is 34.0 Å². The SMILES string of the molecule is CC(C)(C)C=CC([O-])=C1C=CC=C1.[Fe+2].[O-]C(Cc1ccccc1)=C1C=CC=C1. The molecule has 0 saturated carbocycles. The van der Waals surface area contributed by atoms with E-state index in [2.05, 4.69) is 20.8 Å². The van der Waals surface area contributed by atoms with Crippen molar-refractivity contribution >= 4 is 0 Å². The molecule has 0 aliphatic heterocycles. The Morgan fingerprint density at radius 3 is 1.82 bits per heavy atom.